The number of rotatable bonds is 10. The van der Waals surface area contributed by atoms with Gasteiger partial charge in [0.1, 0.15) is 14.8 Å². The second kappa shape index (κ2) is 16.0. The molecule has 0 aromatic carbocycles. The molecule has 1 N–H and O–H groups in total. The molecule has 2 aromatic heterocycles. The third-order valence-electron chi connectivity index (χ3n) is 4.46. The van der Waals surface area contributed by atoms with Gasteiger partial charge in [-0.25, -0.2) is 14.3 Å². The Morgan fingerprint density at radius 3 is 2.55 bits per heavy atom. The average Bonchev–Trinajstić information content (AvgIpc) is 3.24. The zero-order chi connectivity index (χ0) is 23.9. The van der Waals surface area contributed by atoms with Crippen LogP contribution in [0, 0.1) is 6.57 Å². The van der Waals surface area contributed by atoms with Crippen molar-refractivity contribution in [2.24, 2.45) is 4.47 Å². The lowest BCUT2D eigenvalue weighted by Gasteiger charge is -2.13. The van der Waals surface area contributed by atoms with Gasteiger partial charge in [-0.3, -0.25) is 4.21 Å². The van der Waals surface area contributed by atoms with Crippen LogP contribution in [0.5, 0.6) is 0 Å². The van der Waals surface area contributed by atoms with E-state index in [1.807, 2.05) is 12.1 Å². The van der Waals surface area contributed by atoms with E-state index in [0.717, 1.165) is 61.7 Å². The number of pyridine rings is 2. The first-order valence-electron chi connectivity index (χ1n) is 10.4. The molecular weight excluding hydrogens is 499 g/mol. The van der Waals surface area contributed by atoms with E-state index in [9.17, 15) is 4.21 Å². The molecule has 0 aliphatic carbocycles. The monoisotopic (exact) mass is 526 g/mol. The van der Waals surface area contributed by atoms with Crippen molar-refractivity contribution in [3.05, 3.63) is 82.3 Å². The summed E-state index contributed by atoms with van der Waals surface area (Å²) in [6.45, 7) is 13.8. The molecule has 11 heteroatoms. The summed E-state index contributed by atoms with van der Waals surface area (Å²) in [6.07, 6.45) is 7.25. The minimum absolute atomic E-state index is 0.228. The predicted octanol–water partition coefficient (Wildman–Crippen LogP) is 4.64. The van der Waals surface area contributed by atoms with Crippen molar-refractivity contribution in [3.8, 4) is 0 Å². The minimum atomic E-state index is -0.759. The van der Waals surface area contributed by atoms with Crippen LogP contribution in [0.2, 0.25) is 10.3 Å². The Hall–Kier alpha value is -1.67. The average molecular weight is 528 g/mol. The third-order valence-corrected chi connectivity index (χ3v) is 8.09. The summed E-state index contributed by atoms with van der Waals surface area (Å²) in [5.74, 6) is 2.31. The van der Waals surface area contributed by atoms with Crippen molar-refractivity contribution in [3.63, 3.8) is 0 Å². The lowest BCUT2D eigenvalue weighted by molar-refractivity contribution is 0.487. The summed E-state index contributed by atoms with van der Waals surface area (Å²) in [7, 11) is -0.986. The maximum Gasteiger partial charge on any atom is 0.129 e. The fourth-order valence-corrected chi connectivity index (χ4v) is 5.60. The molecule has 7 nitrogen and oxygen atoms in total. The van der Waals surface area contributed by atoms with Crippen molar-refractivity contribution >= 4 is 44.9 Å². The predicted molar refractivity (Wildman–Crippen MR) is 139 cm³/mol. The molecule has 178 valence electrons. The molecule has 0 radical (unpaired) electrons. The summed E-state index contributed by atoms with van der Waals surface area (Å²) in [5.41, 5.74) is 2.21. The number of hydrogen-bond donors (Lipinski definition) is 1. The van der Waals surface area contributed by atoms with Gasteiger partial charge in [0.05, 0.1) is 10.9 Å². The minimum Gasteiger partial charge on any atom is -0.313 e. The van der Waals surface area contributed by atoms with Gasteiger partial charge in [-0.15, -0.1) is 11.5 Å². The van der Waals surface area contributed by atoms with Gasteiger partial charge in [0.15, 0.2) is 0 Å². The SMILES string of the molecule is C=CCS(=O)CCCNCc1ccc(Cl)nc1.[C-]#[N+]/N=S1\CCCN1Cc1ccc(Cl)nc1. The highest BCUT2D eigenvalue weighted by molar-refractivity contribution is 7.85. The van der Waals surface area contributed by atoms with Crippen LogP contribution in [0.1, 0.15) is 24.0 Å². The van der Waals surface area contributed by atoms with Crippen molar-refractivity contribution < 1.29 is 4.21 Å². The van der Waals surface area contributed by atoms with Crippen molar-refractivity contribution in [2.75, 3.05) is 30.3 Å². The molecule has 1 saturated heterocycles. The number of hydrogen-bond acceptors (Lipinski definition) is 5. The summed E-state index contributed by atoms with van der Waals surface area (Å²) >= 11 is 11.4. The van der Waals surface area contributed by atoms with E-state index in [4.69, 9.17) is 29.8 Å². The largest absolute Gasteiger partial charge is 0.313 e. The van der Waals surface area contributed by atoms with Gasteiger partial charge in [0, 0.05) is 60.1 Å². The first kappa shape index (κ1) is 27.6. The van der Waals surface area contributed by atoms with E-state index in [1.54, 1.807) is 30.6 Å². The van der Waals surface area contributed by atoms with Gasteiger partial charge in [-0.1, -0.05) is 41.4 Å². The normalized spacial score (nSPS) is 16.6. The standard InChI is InChI=1S/C12H17ClN2OS.C10H11ClN4S/c1-2-7-17(16)8-3-6-14-9-11-4-5-12(13)15-10-11;1-12-14-16-6-2-5-15(16)8-9-3-4-10(11)13-7-9/h2,4-5,10,14H,1,3,6-9H2;3-4,7H,2,5-6,8H2. The maximum absolute atomic E-state index is 11.3. The molecule has 2 aromatic rings. The molecule has 1 aliphatic rings. The molecule has 1 fully saturated rings. The van der Waals surface area contributed by atoms with Gasteiger partial charge in [0.25, 0.3) is 0 Å². The van der Waals surface area contributed by atoms with Crippen molar-refractivity contribution in [1.82, 2.24) is 19.6 Å². The van der Waals surface area contributed by atoms with Crippen LogP contribution in [-0.2, 0) is 34.8 Å². The van der Waals surface area contributed by atoms with Crippen LogP contribution in [0.25, 0.3) is 4.95 Å². The number of nitrogens with zero attached hydrogens (tertiary/aromatic N) is 5. The molecule has 33 heavy (non-hydrogen) atoms. The molecule has 3 heterocycles. The molecular formula is C22H28Cl2N6OS2. The van der Waals surface area contributed by atoms with Gasteiger partial charge in [-0.05, 0) is 42.6 Å². The zero-order valence-electron chi connectivity index (χ0n) is 18.3. The molecule has 2 atom stereocenters. The Labute approximate surface area is 211 Å². The van der Waals surface area contributed by atoms with Crippen LogP contribution in [0.4, 0.5) is 0 Å². The van der Waals surface area contributed by atoms with Crippen LogP contribution in [0.15, 0.2) is 53.8 Å². The van der Waals surface area contributed by atoms with Crippen LogP contribution >= 0.6 is 23.2 Å². The molecule has 0 bridgehead atoms. The topological polar surface area (TPSA) is 74.8 Å². The zero-order valence-corrected chi connectivity index (χ0v) is 21.5. The summed E-state index contributed by atoms with van der Waals surface area (Å²) in [4.78, 5) is 11.2. The lowest BCUT2D eigenvalue weighted by atomic mass is 10.3. The Morgan fingerprint density at radius 1 is 1.24 bits per heavy atom. The third kappa shape index (κ3) is 11.3. The number of aromatic nitrogens is 2. The van der Waals surface area contributed by atoms with Gasteiger partial charge in [-0.2, -0.15) is 6.57 Å². The Balaban J connectivity index is 0.000000234. The Bertz CT molecular complexity index is 964. The molecule has 0 spiro atoms. The van der Waals surface area contributed by atoms with E-state index < -0.39 is 10.8 Å². The fourth-order valence-electron chi connectivity index (χ4n) is 2.92. The van der Waals surface area contributed by atoms with E-state index in [-0.39, 0.29) is 10.9 Å². The Kier molecular flexibility index (Phi) is 13.4. The second-order valence-electron chi connectivity index (χ2n) is 7.05. The van der Waals surface area contributed by atoms with Crippen LogP contribution in [-0.4, -0.2) is 48.8 Å². The van der Waals surface area contributed by atoms with Crippen LogP contribution < -0.4 is 5.32 Å². The maximum atomic E-state index is 11.3. The summed E-state index contributed by atoms with van der Waals surface area (Å²) < 4.78 is 17.4. The van der Waals surface area contributed by atoms with Gasteiger partial charge >= 0.3 is 0 Å². The summed E-state index contributed by atoms with van der Waals surface area (Å²) in [6, 6.07) is 7.47. The lowest BCUT2D eigenvalue weighted by Crippen LogP contribution is -2.19. The first-order chi connectivity index (χ1) is 16.0. The highest BCUT2D eigenvalue weighted by Gasteiger charge is 2.20. The number of halogens is 2. The van der Waals surface area contributed by atoms with E-state index in [2.05, 4.69) is 35.6 Å². The molecule has 0 saturated carbocycles. The molecule has 0 amide bonds. The van der Waals surface area contributed by atoms with Crippen molar-refractivity contribution in [1.29, 1.82) is 0 Å². The van der Waals surface area contributed by atoms with Crippen molar-refractivity contribution in [2.45, 2.75) is 25.9 Å². The smallest absolute Gasteiger partial charge is 0.129 e. The molecule has 3 rings (SSSR count). The molecule has 1 aliphatic heterocycles. The highest BCUT2D eigenvalue weighted by atomic mass is 35.5. The first-order valence-corrected chi connectivity index (χ1v) is 14.0. The van der Waals surface area contributed by atoms with E-state index in [0.29, 0.717) is 16.1 Å². The van der Waals surface area contributed by atoms with Gasteiger partial charge in [0.2, 0.25) is 0 Å². The fraction of sp³-hybridized carbons (Fsp3) is 0.409. The van der Waals surface area contributed by atoms with E-state index in [1.165, 1.54) is 0 Å². The second-order valence-corrected chi connectivity index (χ2v) is 11.2. The molecule has 2 unspecified atom stereocenters. The quantitative estimate of drug-likeness (QED) is 0.160. The Morgan fingerprint density at radius 2 is 1.94 bits per heavy atom. The van der Waals surface area contributed by atoms with Gasteiger partial charge < -0.3 is 5.32 Å². The highest BCUT2D eigenvalue weighted by Crippen LogP contribution is 2.16. The van der Waals surface area contributed by atoms with E-state index >= 15 is 0 Å². The number of nitrogens with one attached hydrogen (secondary N) is 1. The summed E-state index contributed by atoms with van der Waals surface area (Å²) in [5, 5.41) is 4.29. The van der Waals surface area contributed by atoms with Crippen LogP contribution in [0.3, 0.4) is 0 Å².